The molecule has 2 rings (SSSR count). The highest BCUT2D eigenvalue weighted by Gasteiger charge is 2.11. The van der Waals surface area contributed by atoms with Gasteiger partial charge in [0.1, 0.15) is 0 Å². The average molecular weight is 309 g/mol. The van der Waals surface area contributed by atoms with Crippen molar-refractivity contribution in [2.24, 2.45) is 0 Å². The Kier molecular flexibility index (Phi) is 5.32. The summed E-state index contributed by atoms with van der Waals surface area (Å²) < 4.78 is 0. The van der Waals surface area contributed by atoms with Gasteiger partial charge in [0.05, 0.1) is 0 Å². The van der Waals surface area contributed by atoms with Gasteiger partial charge in [0.25, 0.3) is 0 Å². The molecule has 0 bridgehead atoms. The number of aryl methyl sites for hydroxylation is 4. The highest BCUT2D eigenvalue weighted by atomic mass is 16.2. The van der Waals surface area contributed by atoms with E-state index >= 15 is 0 Å². The molecule has 0 radical (unpaired) electrons. The average Bonchev–Trinajstić information content (AvgIpc) is 2.51. The van der Waals surface area contributed by atoms with E-state index in [0.29, 0.717) is 5.56 Å². The van der Waals surface area contributed by atoms with Crippen LogP contribution in [0.5, 0.6) is 0 Å². The lowest BCUT2D eigenvalue weighted by Gasteiger charge is -2.09. The minimum absolute atomic E-state index is 0.00390. The fraction of sp³-hybridized carbons (Fsp3) is 0.300. The number of carbonyl (C=O) groups is 2. The maximum atomic E-state index is 12.2. The molecular weight excluding hydrogens is 286 g/mol. The minimum atomic E-state index is -0.129. The number of rotatable bonds is 5. The van der Waals surface area contributed by atoms with E-state index in [1.807, 2.05) is 64.1 Å². The number of anilines is 1. The molecule has 0 atom stereocenters. The fourth-order valence-electron chi connectivity index (χ4n) is 2.37. The van der Waals surface area contributed by atoms with E-state index in [1.54, 1.807) is 0 Å². The molecule has 0 aromatic heterocycles. The molecule has 0 fully saturated rings. The van der Waals surface area contributed by atoms with Crippen LogP contribution in [0.2, 0.25) is 0 Å². The Labute approximate surface area is 137 Å². The van der Waals surface area contributed by atoms with Crippen LogP contribution in [0.4, 0.5) is 5.69 Å². The molecule has 0 spiro atoms. The molecule has 3 heteroatoms. The monoisotopic (exact) mass is 309 g/mol. The Balaban J connectivity index is 1.94. The van der Waals surface area contributed by atoms with Gasteiger partial charge in [0.15, 0.2) is 5.78 Å². The molecule has 3 nitrogen and oxygen atoms in total. The standard InChI is InChI=1S/C20H23NO2/c1-13-5-6-15(3)18(11-13)21-20(23)10-9-19(22)17-8-7-14(2)16(4)12-17/h5-8,11-12H,9-10H2,1-4H3,(H,21,23). The van der Waals surface area contributed by atoms with Crippen LogP contribution >= 0.6 is 0 Å². The summed E-state index contributed by atoms with van der Waals surface area (Å²) in [7, 11) is 0. The zero-order valence-electron chi connectivity index (χ0n) is 14.2. The maximum Gasteiger partial charge on any atom is 0.224 e. The van der Waals surface area contributed by atoms with Gasteiger partial charge in [-0.3, -0.25) is 9.59 Å². The van der Waals surface area contributed by atoms with Crippen LogP contribution in [0, 0.1) is 27.7 Å². The van der Waals surface area contributed by atoms with Gasteiger partial charge in [0.2, 0.25) is 5.91 Å². The Hall–Kier alpha value is -2.42. The van der Waals surface area contributed by atoms with E-state index in [-0.39, 0.29) is 24.5 Å². The summed E-state index contributed by atoms with van der Waals surface area (Å²) in [4.78, 5) is 24.3. The number of hydrogen-bond acceptors (Lipinski definition) is 2. The van der Waals surface area contributed by atoms with Gasteiger partial charge in [-0.15, -0.1) is 0 Å². The molecule has 23 heavy (non-hydrogen) atoms. The van der Waals surface area contributed by atoms with Crippen molar-refractivity contribution in [2.45, 2.75) is 40.5 Å². The quantitative estimate of drug-likeness (QED) is 0.825. The van der Waals surface area contributed by atoms with E-state index in [9.17, 15) is 9.59 Å². The number of carbonyl (C=O) groups excluding carboxylic acids is 2. The van der Waals surface area contributed by atoms with Gasteiger partial charge in [-0.05, 0) is 62.1 Å². The minimum Gasteiger partial charge on any atom is -0.326 e. The van der Waals surface area contributed by atoms with Crippen molar-refractivity contribution >= 4 is 17.4 Å². The molecule has 0 unspecified atom stereocenters. The van der Waals surface area contributed by atoms with Gasteiger partial charge in [-0.2, -0.15) is 0 Å². The highest BCUT2D eigenvalue weighted by Crippen LogP contribution is 2.17. The second kappa shape index (κ2) is 7.23. The van der Waals surface area contributed by atoms with Crippen LogP contribution in [0.15, 0.2) is 36.4 Å². The molecule has 120 valence electrons. The van der Waals surface area contributed by atoms with E-state index in [4.69, 9.17) is 0 Å². The molecule has 1 amide bonds. The second-order valence-electron chi connectivity index (χ2n) is 6.09. The lowest BCUT2D eigenvalue weighted by molar-refractivity contribution is -0.116. The van der Waals surface area contributed by atoms with E-state index in [2.05, 4.69) is 5.32 Å². The molecular formula is C20H23NO2. The summed E-state index contributed by atoms with van der Waals surface area (Å²) in [5.74, 6) is -0.125. The summed E-state index contributed by atoms with van der Waals surface area (Å²) in [6, 6.07) is 11.6. The number of Topliss-reactive ketones (excluding diaryl/α,β-unsaturated/α-hetero) is 1. The van der Waals surface area contributed by atoms with Gasteiger partial charge in [0, 0.05) is 24.1 Å². The predicted octanol–water partition coefficient (Wildman–Crippen LogP) is 4.52. The van der Waals surface area contributed by atoms with Gasteiger partial charge >= 0.3 is 0 Å². The predicted molar refractivity (Wildman–Crippen MR) is 94.0 cm³/mol. The van der Waals surface area contributed by atoms with E-state index in [0.717, 1.165) is 27.9 Å². The number of nitrogens with one attached hydrogen (secondary N) is 1. The van der Waals surface area contributed by atoms with Crippen molar-refractivity contribution in [3.63, 3.8) is 0 Å². The van der Waals surface area contributed by atoms with Crippen molar-refractivity contribution in [3.8, 4) is 0 Å². The molecule has 0 saturated heterocycles. The highest BCUT2D eigenvalue weighted by molar-refractivity contribution is 6.00. The smallest absolute Gasteiger partial charge is 0.224 e. The second-order valence-corrected chi connectivity index (χ2v) is 6.09. The number of amides is 1. The summed E-state index contributed by atoms with van der Waals surface area (Å²) in [5, 5.41) is 2.89. The fourth-order valence-corrected chi connectivity index (χ4v) is 2.37. The van der Waals surface area contributed by atoms with Crippen LogP contribution in [0.3, 0.4) is 0 Å². The first-order valence-corrected chi connectivity index (χ1v) is 7.84. The van der Waals surface area contributed by atoms with Crippen LogP contribution in [0.25, 0.3) is 0 Å². The van der Waals surface area contributed by atoms with Crippen molar-refractivity contribution in [1.82, 2.24) is 0 Å². The van der Waals surface area contributed by atoms with Crippen LogP contribution in [0.1, 0.15) is 45.5 Å². The third-order valence-electron chi connectivity index (χ3n) is 4.08. The first kappa shape index (κ1) is 16.9. The summed E-state index contributed by atoms with van der Waals surface area (Å²) in [6.07, 6.45) is 0.415. The van der Waals surface area contributed by atoms with Crippen LogP contribution in [-0.4, -0.2) is 11.7 Å². The van der Waals surface area contributed by atoms with Gasteiger partial charge < -0.3 is 5.32 Å². The van der Waals surface area contributed by atoms with Crippen molar-refractivity contribution < 1.29 is 9.59 Å². The summed E-state index contributed by atoms with van der Waals surface area (Å²) in [6.45, 7) is 7.94. The Morgan fingerprint density at radius 1 is 0.826 bits per heavy atom. The summed E-state index contributed by atoms with van der Waals surface area (Å²) >= 11 is 0. The van der Waals surface area contributed by atoms with Crippen molar-refractivity contribution in [3.05, 3.63) is 64.2 Å². The number of hydrogen-bond donors (Lipinski definition) is 1. The third-order valence-corrected chi connectivity index (χ3v) is 4.08. The first-order chi connectivity index (χ1) is 10.9. The zero-order chi connectivity index (χ0) is 17.0. The van der Waals surface area contributed by atoms with E-state index < -0.39 is 0 Å². The van der Waals surface area contributed by atoms with E-state index in [1.165, 1.54) is 0 Å². The van der Waals surface area contributed by atoms with Crippen molar-refractivity contribution in [1.29, 1.82) is 0 Å². The Morgan fingerprint density at radius 2 is 1.52 bits per heavy atom. The number of benzene rings is 2. The molecule has 2 aromatic carbocycles. The first-order valence-electron chi connectivity index (χ1n) is 7.84. The Morgan fingerprint density at radius 3 is 2.22 bits per heavy atom. The SMILES string of the molecule is Cc1ccc(C)c(NC(=O)CCC(=O)c2ccc(C)c(C)c2)c1. The molecule has 0 aliphatic carbocycles. The molecule has 2 aromatic rings. The lowest BCUT2D eigenvalue weighted by Crippen LogP contribution is -2.14. The summed E-state index contributed by atoms with van der Waals surface area (Å²) in [5.41, 5.74) is 5.85. The third kappa shape index (κ3) is 4.52. The molecule has 0 aliphatic rings. The molecule has 1 N–H and O–H groups in total. The largest absolute Gasteiger partial charge is 0.326 e. The maximum absolute atomic E-state index is 12.2. The molecule has 0 heterocycles. The van der Waals surface area contributed by atoms with Gasteiger partial charge in [-0.1, -0.05) is 24.3 Å². The van der Waals surface area contributed by atoms with Crippen LogP contribution < -0.4 is 5.32 Å². The van der Waals surface area contributed by atoms with Crippen molar-refractivity contribution in [2.75, 3.05) is 5.32 Å². The normalized spacial score (nSPS) is 10.4. The van der Waals surface area contributed by atoms with Gasteiger partial charge in [-0.25, -0.2) is 0 Å². The van der Waals surface area contributed by atoms with Crippen LogP contribution in [-0.2, 0) is 4.79 Å². The Bertz CT molecular complexity index is 747. The lowest BCUT2D eigenvalue weighted by atomic mass is 10.0. The number of ketones is 1. The molecule has 0 saturated carbocycles. The zero-order valence-corrected chi connectivity index (χ0v) is 14.2. The molecule has 0 aliphatic heterocycles. The topological polar surface area (TPSA) is 46.2 Å².